The van der Waals surface area contributed by atoms with Crippen molar-refractivity contribution in [3.8, 4) is 17.3 Å². The van der Waals surface area contributed by atoms with E-state index >= 15 is 0 Å². The van der Waals surface area contributed by atoms with Crippen LogP contribution in [0.5, 0.6) is 11.5 Å². The van der Waals surface area contributed by atoms with E-state index in [4.69, 9.17) is 14.1 Å². The van der Waals surface area contributed by atoms with Crippen LogP contribution in [0.1, 0.15) is 58.2 Å². The second-order valence-corrected chi connectivity index (χ2v) is 16.9. The number of hydrogen-bond acceptors (Lipinski definition) is 5. The van der Waals surface area contributed by atoms with Crippen LogP contribution in [0.4, 0.5) is 5.69 Å². The maximum atomic E-state index is 6.93. The molecule has 0 spiro atoms. The van der Waals surface area contributed by atoms with Crippen molar-refractivity contribution in [2.75, 3.05) is 4.90 Å². The van der Waals surface area contributed by atoms with Crippen molar-refractivity contribution >= 4 is 60.8 Å². The Labute approximate surface area is 359 Å². The molecule has 9 aromatic rings. The van der Waals surface area contributed by atoms with Crippen LogP contribution < -0.4 is 9.64 Å². The van der Waals surface area contributed by atoms with Crippen LogP contribution in [0.2, 0.25) is 0 Å². The zero-order chi connectivity index (χ0) is 39.8. The molecular formula is C52H43N4O2Pt-3. The minimum Gasteiger partial charge on any atom is -0.512 e. The Morgan fingerprint density at radius 2 is 1.32 bits per heavy atom. The number of para-hydroxylation sites is 2. The Morgan fingerprint density at radius 3 is 2.03 bits per heavy atom. The van der Waals surface area contributed by atoms with Gasteiger partial charge in [-0.25, -0.2) is 4.98 Å². The largest absolute Gasteiger partial charge is 0.512 e. The summed E-state index contributed by atoms with van der Waals surface area (Å²) in [4.78, 5) is 9.52. The second-order valence-electron chi connectivity index (χ2n) is 16.9. The summed E-state index contributed by atoms with van der Waals surface area (Å²) in [5.74, 6) is 1.85. The van der Waals surface area contributed by atoms with Crippen LogP contribution in [-0.2, 0) is 26.5 Å². The van der Waals surface area contributed by atoms with Gasteiger partial charge in [0.1, 0.15) is 11.4 Å². The summed E-state index contributed by atoms with van der Waals surface area (Å²) in [6.07, 6.45) is 1.90. The van der Waals surface area contributed by atoms with Gasteiger partial charge in [-0.05, 0) is 72.5 Å². The number of furan rings is 1. The van der Waals surface area contributed by atoms with Gasteiger partial charge in [0.15, 0.2) is 0 Å². The molecule has 6 aromatic carbocycles. The maximum absolute atomic E-state index is 6.93. The van der Waals surface area contributed by atoms with Crippen LogP contribution in [0.15, 0.2) is 150 Å². The summed E-state index contributed by atoms with van der Waals surface area (Å²) < 4.78 is 15.8. The smallest absolute Gasteiger partial charge is 0.135 e. The topological polar surface area (TPSA) is 46.7 Å². The fraction of sp³-hybridized carbons (Fsp3) is 0.154. The van der Waals surface area contributed by atoms with Gasteiger partial charge in [0, 0.05) is 60.8 Å². The van der Waals surface area contributed by atoms with Gasteiger partial charge in [-0.2, -0.15) is 12.7 Å². The SMILES string of the molecule is CC(C)(C)c1ccnc(-n2c3[c-]c(Oc4[c-]c(N5[CH-]N(C(C)(C)C)C(c6ccccc6)=C5c5ccccc5)ccc4)c4oc5ccccc5c4c3c3ccccc32)c1.[Pt]. The molecule has 0 saturated heterocycles. The van der Waals surface area contributed by atoms with Crippen molar-refractivity contribution < 1.29 is 30.2 Å². The van der Waals surface area contributed by atoms with Crippen molar-refractivity contribution in [1.82, 2.24) is 14.5 Å². The average Bonchev–Trinajstić information content (AvgIpc) is 3.92. The van der Waals surface area contributed by atoms with Crippen molar-refractivity contribution in [3.05, 3.63) is 181 Å². The zero-order valence-corrected chi connectivity index (χ0v) is 36.1. The Morgan fingerprint density at radius 1 is 0.661 bits per heavy atom. The molecule has 296 valence electrons. The molecule has 1 aliphatic rings. The molecule has 0 aliphatic carbocycles. The molecule has 10 rings (SSSR count). The van der Waals surface area contributed by atoms with E-state index < -0.39 is 0 Å². The summed E-state index contributed by atoms with van der Waals surface area (Å²) in [7, 11) is 0. The number of anilines is 1. The van der Waals surface area contributed by atoms with Crippen LogP contribution >= 0.6 is 0 Å². The molecule has 1 aliphatic heterocycles. The summed E-state index contributed by atoms with van der Waals surface area (Å²) in [5.41, 5.74) is 9.51. The Balaban J connectivity index is 0.00000449. The first-order valence-electron chi connectivity index (χ1n) is 19.8. The summed E-state index contributed by atoms with van der Waals surface area (Å²) in [6, 6.07) is 55.5. The number of aromatic nitrogens is 2. The Hall–Kier alpha value is -6.10. The maximum Gasteiger partial charge on any atom is 0.135 e. The molecule has 4 heterocycles. The molecule has 0 atom stereocenters. The van der Waals surface area contributed by atoms with E-state index in [1.165, 1.54) is 5.56 Å². The number of fused-ring (bicyclic) bond motifs is 7. The van der Waals surface area contributed by atoms with E-state index in [2.05, 4.69) is 190 Å². The minimum atomic E-state index is -0.217. The molecule has 0 saturated carbocycles. The molecule has 7 heteroatoms. The molecular weight excluding hydrogens is 908 g/mol. The van der Waals surface area contributed by atoms with Crippen molar-refractivity contribution in [2.24, 2.45) is 0 Å². The van der Waals surface area contributed by atoms with Crippen LogP contribution in [0, 0.1) is 18.8 Å². The number of ether oxygens (including phenoxy) is 1. The van der Waals surface area contributed by atoms with Crippen LogP contribution in [0.3, 0.4) is 0 Å². The third-order valence-corrected chi connectivity index (χ3v) is 11.0. The predicted octanol–water partition coefficient (Wildman–Crippen LogP) is 13.3. The molecule has 0 amide bonds. The van der Waals surface area contributed by atoms with Gasteiger partial charge >= 0.3 is 0 Å². The fourth-order valence-corrected chi connectivity index (χ4v) is 8.19. The van der Waals surface area contributed by atoms with Gasteiger partial charge in [-0.15, -0.1) is 30.0 Å². The number of benzene rings is 6. The van der Waals surface area contributed by atoms with Gasteiger partial charge in [-0.1, -0.05) is 134 Å². The quantitative estimate of drug-likeness (QED) is 0.155. The molecule has 0 bridgehead atoms. The molecule has 6 nitrogen and oxygen atoms in total. The number of pyridine rings is 1. The minimum absolute atomic E-state index is 0. The Kier molecular flexibility index (Phi) is 9.52. The third-order valence-electron chi connectivity index (χ3n) is 11.0. The number of rotatable bonds is 6. The first-order valence-corrected chi connectivity index (χ1v) is 19.8. The third kappa shape index (κ3) is 6.60. The molecule has 59 heavy (non-hydrogen) atoms. The summed E-state index contributed by atoms with van der Waals surface area (Å²) in [5, 5.41) is 4.13. The normalized spacial score (nSPS) is 13.6. The summed E-state index contributed by atoms with van der Waals surface area (Å²) >= 11 is 0. The summed E-state index contributed by atoms with van der Waals surface area (Å²) in [6.45, 7) is 15.6. The van der Waals surface area contributed by atoms with E-state index in [0.717, 1.165) is 72.2 Å². The van der Waals surface area contributed by atoms with Crippen molar-refractivity contribution in [1.29, 1.82) is 0 Å². The molecule has 0 fully saturated rings. The number of hydrogen-bond donors (Lipinski definition) is 0. The molecule has 0 N–H and O–H groups in total. The van der Waals surface area contributed by atoms with Gasteiger partial charge in [0.05, 0.1) is 11.3 Å². The molecule has 0 unspecified atom stereocenters. The van der Waals surface area contributed by atoms with E-state index in [1.54, 1.807) is 0 Å². The monoisotopic (exact) mass is 950 g/mol. The van der Waals surface area contributed by atoms with E-state index in [-0.39, 0.29) is 32.0 Å². The van der Waals surface area contributed by atoms with Gasteiger partial charge in [0.25, 0.3) is 0 Å². The van der Waals surface area contributed by atoms with Crippen LogP contribution in [-0.4, -0.2) is 20.0 Å². The molecule has 3 aromatic heterocycles. The van der Waals surface area contributed by atoms with Crippen LogP contribution in [0.25, 0.3) is 61.0 Å². The van der Waals surface area contributed by atoms with Gasteiger partial charge in [-0.3, -0.25) is 0 Å². The van der Waals surface area contributed by atoms with Crippen molar-refractivity contribution in [3.63, 3.8) is 0 Å². The second kappa shape index (κ2) is 14.6. The van der Waals surface area contributed by atoms with Crippen molar-refractivity contribution in [2.45, 2.75) is 52.5 Å². The fourth-order valence-electron chi connectivity index (χ4n) is 8.19. The first kappa shape index (κ1) is 38.4. The standard InChI is InChI=1S/C52H43N4O2.Pt/c1-51(2,3)36-28-29-53-45(30-36)56-41-26-15-13-24-39(41)46-42(56)32-44(50-47(46)40-25-14-16-27-43(40)58-50)57-38-23-17-22-37(31-38)54-33-55(52(4,5)6)49(35-20-11-8-12-21-35)48(54)34-18-9-7-10-19-34;/h7-30,33H,1-6H3;/q-3;. The number of nitrogens with zero attached hydrogens (tertiary/aromatic N) is 4. The first-order chi connectivity index (χ1) is 28.0. The van der Waals surface area contributed by atoms with Gasteiger partial charge < -0.3 is 23.5 Å². The van der Waals surface area contributed by atoms with E-state index in [0.29, 0.717) is 17.1 Å². The van der Waals surface area contributed by atoms with E-state index in [9.17, 15) is 0 Å². The van der Waals surface area contributed by atoms with Gasteiger partial charge in [0.2, 0.25) is 0 Å². The average molecular weight is 951 g/mol. The Bertz CT molecular complexity index is 3040. The van der Waals surface area contributed by atoms with E-state index in [1.807, 2.05) is 30.5 Å². The predicted molar refractivity (Wildman–Crippen MR) is 237 cm³/mol. The molecule has 0 radical (unpaired) electrons. The zero-order valence-electron chi connectivity index (χ0n) is 33.9.